The third-order valence-electron chi connectivity index (χ3n) is 2.95. The predicted octanol–water partition coefficient (Wildman–Crippen LogP) is 1.06. The number of aryl methyl sites for hydroxylation is 1. The van der Waals surface area contributed by atoms with Crippen molar-refractivity contribution in [2.75, 3.05) is 26.8 Å². The average Bonchev–Trinajstić information content (AvgIpc) is 2.46. The van der Waals surface area contributed by atoms with Crippen molar-refractivity contribution in [2.24, 2.45) is 0 Å². The molecule has 0 aliphatic carbocycles. The van der Waals surface area contributed by atoms with E-state index in [-0.39, 0.29) is 10.8 Å². The number of sulfonamides is 1. The summed E-state index contributed by atoms with van der Waals surface area (Å²) in [4.78, 5) is 11.8. The van der Waals surface area contributed by atoms with Crippen molar-refractivity contribution < 1.29 is 17.9 Å². The zero-order valence-electron chi connectivity index (χ0n) is 12.6. The number of nitrogens with one attached hydrogen (secondary N) is 2. The zero-order valence-corrected chi connectivity index (χ0v) is 13.4. The highest BCUT2D eigenvalue weighted by atomic mass is 32.2. The van der Waals surface area contributed by atoms with Crippen molar-refractivity contribution in [2.45, 2.75) is 25.2 Å². The summed E-state index contributed by atoms with van der Waals surface area (Å²) in [6.45, 7) is 5.06. The van der Waals surface area contributed by atoms with Gasteiger partial charge in [0, 0.05) is 32.4 Å². The van der Waals surface area contributed by atoms with Crippen LogP contribution in [-0.2, 0) is 14.8 Å². The second kappa shape index (κ2) is 8.11. The lowest BCUT2D eigenvalue weighted by Crippen LogP contribution is -2.26. The number of amides is 1. The summed E-state index contributed by atoms with van der Waals surface area (Å²) in [5, 5.41) is 2.50. The monoisotopic (exact) mass is 314 g/mol. The summed E-state index contributed by atoms with van der Waals surface area (Å²) in [5.41, 5.74) is 1.08. The number of carbonyl (C=O) groups excluding carboxylic acids is 1. The van der Waals surface area contributed by atoms with Crippen molar-refractivity contribution >= 4 is 15.9 Å². The molecule has 0 radical (unpaired) electrons. The van der Waals surface area contributed by atoms with Gasteiger partial charge in [-0.15, -0.1) is 0 Å². The fourth-order valence-corrected chi connectivity index (χ4v) is 2.86. The number of carbonyl (C=O) groups is 1. The molecule has 0 fully saturated rings. The molecule has 0 aliphatic rings. The summed E-state index contributed by atoms with van der Waals surface area (Å²) in [6, 6.07) is 4.50. The van der Waals surface area contributed by atoms with Crippen LogP contribution in [0, 0.1) is 6.92 Å². The molecule has 0 heterocycles. The molecule has 0 saturated carbocycles. The molecular weight excluding hydrogens is 292 g/mol. The van der Waals surface area contributed by atoms with Crippen molar-refractivity contribution in [3.63, 3.8) is 0 Å². The summed E-state index contributed by atoms with van der Waals surface area (Å²) in [5.74, 6) is -0.305. The van der Waals surface area contributed by atoms with Gasteiger partial charge in [0.15, 0.2) is 0 Å². The molecular formula is C14H22N2O4S. The van der Waals surface area contributed by atoms with Crippen LogP contribution in [0.5, 0.6) is 0 Å². The normalized spacial score (nSPS) is 11.4. The molecule has 2 N–H and O–H groups in total. The molecule has 1 amide bonds. The van der Waals surface area contributed by atoms with Crippen LogP contribution in [0.4, 0.5) is 0 Å². The summed E-state index contributed by atoms with van der Waals surface area (Å²) in [6.07, 6.45) is 0.598. The lowest BCUT2D eigenvalue weighted by molar-refractivity contribution is 0.0962. The molecule has 1 rings (SSSR count). The Morgan fingerprint density at radius 3 is 2.67 bits per heavy atom. The lowest BCUT2D eigenvalue weighted by Gasteiger charge is -2.10. The van der Waals surface area contributed by atoms with E-state index in [1.54, 1.807) is 13.0 Å². The molecule has 1 aromatic rings. The maximum absolute atomic E-state index is 12.2. The maximum atomic E-state index is 12.2. The van der Waals surface area contributed by atoms with E-state index < -0.39 is 10.0 Å². The minimum Gasteiger partial charge on any atom is -0.382 e. The van der Waals surface area contributed by atoms with E-state index in [4.69, 9.17) is 4.74 Å². The highest BCUT2D eigenvalue weighted by Gasteiger charge is 2.17. The van der Waals surface area contributed by atoms with Crippen LogP contribution in [-0.4, -0.2) is 41.1 Å². The van der Waals surface area contributed by atoms with Gasteiger partial charge in [0.25, 0.3) is 5.91 Å². The predicted molar refractivity (Wildman–Crippen MR) is 80.9 cm³/mol. The molecule has 0 unspecified atom stereocenters. The van der Waals surface area contributed by atoms with Crippen LogP contribution in [0.15, 0.2) is 23.1 Å². The number of benzene rings is 1. The molecule has 118 valence electrons. The van der Waals surface area contributed by atoms with E-state index >= 15 is 0 Å². The van der Waals surface area contributed by atoms with Crippen LogP contribution < -0.4 is 10.0 Å². The number of hydrogen-bond donors (Lipinski definition) is 2. The topological polar surface area (TPSA) is 84.5 Å². The molecule has 6 nitrogen and oxygen atoms in total. The van der Waals surface area contributed by atoms with E-state index in [0.29, 0.717) is 31.7 Å². The van der Waals surface area contributed by atoms with Gasteiger partial charge in [0.1, 0.15) is 0 Å². The van der Waals surface area contributed by atoms with Crippen LogP contribution in [0.2, 0.25) is 0 Å². The van der Waals surface area contributed by atoms with E-state index in [2.05, 4.69) is 10.0 Å². The first-order chi connectivity index (χ1) is 9.92. The van der Waals surface area contributed by atoms with Gasteiger partial charge in [-0.3, -0.25) is 4.79 Å². The van der Waals surface area contributed by atoms with Gasteiger partial charge < -0.3 is 10.1 Å². The first kappa shape index (κ1) is 17.6. The van der Waals surface area contributed by atoms with Gasteiger partial charge in [-0.25, -0.2) is 13.1 Å². The van der Waals surface area contributed by atoms with E-state index in [1.807, 2.05) is 6.92 Å². The Bertz CT molecular complexity index is 585. The van der Waals surface area contributed by atoms with Crippen LogP contribution in [0.3, 0.4) is 0 Å². The summed E-state index contributed by atoms with van der Waals surface area (Å²) in [7, 11) is -2.11. The standard InChI is InChI=1S/C14H22N2O4S/c1-4-20-9-5-8-16-21(18,19)12-7-6-11(2)13(10-12)14(17)15-3/h6-7,10,16H,4-5,8-9H2,1-3H3,(H,15,17). The fourth-order valence-electron chi connectivity index (χ4n) is 1.76. The smallest absolute Gasteiger partial charge is 0.251 e. The number of ether oxygens (including phenoxy) is 1. The maximum Gasteiger partial charge on any atom is 0.251 e. The van der Waals surface area contributed by atoms with E-state index in [9.17, 15) is 13.2 Å². The molecule has 0 atom stereocenters. The van der Waals surface area contributed by atoms with E-state index in [1.165, 1.54) is 19.2 Å². The minimum atomic E-state index is -3.61. The van der Waals surface area contributed by atoms with Crippen LogP contribution in [0.25, 0.3) is 0 Å². The molecule has 0 aromatic heterocycles. The lowest BCUT2D eigenvalue weighted by atomic mass is 10.1. The molecule has 0 aliphatic heterocycles. The highest BCUT2D eigenvalue weighted by molar-refractivity contribution is 7.89. The minimum absolute atomic E-state index is 0.0862. The second-order valence-electron chi connectivity index (χ2n) is 4.50. The Morgan fingerprint density at radius 1 is 1.33 bits per heavy atom. The molecule has 0 saturated heterocycles. The first-order valence-corrected chi connectivity index (χ1v) is 8.30. The Balaban J connectivity index is 2.81. The second-order valence-corrected chi connectivity index (χ2v) is 6.27. The Morgan fingerprint density at radius 2 is 2.05 bits per heavy atom. The SMILES string of the molecule is CCOCCCNS(=O)(=O)c1ccc(C)c(C(=O)NC)c1. The van der Waals surface area contributed by atoms with Crippen molar-refractivity contribution in [3.05, 3.63) is 29.3 Å². The first-order valence-electron chi connectivity index (χ1n) is 6.82. The van der Waals surface area contributed by atoms with Crippen LogP contribution >= 0.6 is 0 Å². The molecule has 0 bridgehead atoms. The van der Waals surface area contributed by atoms with Gasteiger partial charge in [-0.2, -0.15) is 0 Å². The third kappa shape index (κ3) is 5.11. The van der Waals surface area contributed by atoms with Crippen molar-refractivity contribution in [3.8, 4) is 0 Å². The van der Waals surface area contributed by atoms with E-state index in [0.717, 1.165) is 5.56 Å². The molecule has 7 heteroatoms. The van der Waals surface area contributed by atoms with Gasteiger partial charge >= 0.3 is 0 Å². The quantitative estimate of drug-likeness (QED) is 0.703. The van der Waals surface area contributed by atoms with Crippen molar-refractivity contribution in [1.82, 2.24) is 10.0 Å². The fraction of sp³-hybridized carbons (Fsp3) is 0.500. The summed E-state index contributed by atoms with van der Waals surface area (Å²) < 4.78 is 32.0. The van der Waals surface area contributed by atoms with Gasteiger partial charge in [-0.05, 0) is 38.0 Å². The third-order valence-corrected chi connectivity index (χ3v) is 4.41. The Hall–Kier alpha value is -1.44. The average molecular weight is 314 g/mol. The Labute approximate surface area is 125 Å². The summed E-state index contributed by atoms with van der Waals surface area (Å²) >= 11 is 0. The van der Waals surface area contributed by atoms with Gasteiger partial charge in [0.2, 0.25) is 10.0 Å². The molecule has 0 spiro atoms. The molecule has 1 aromatic carbocycles. The highest BCUT2D eigenvalue weighted by Crippen LogP contribution is 2.15. The van der Waals surface area contributed by atoms with Gasteiger partial charge in [-0.1, -0.05) is 6.07 Å². The number of rotatable bonds is 8. The number of hydrogen-bond acceptors (Lipinski definition) is 4. The van der Waals surface area contributed by atoms with Gasteiger partial charge in [0.05, 0.1) is 4.90 Å². The van der Waals surface area contributed by atoms with Crippen molar-refractivity contribution in [1.29, 1.82) is 0 Å². The van der Waals surface area contributed by atoms with Crippen LogP contribution in [0.1, 0.15) is 29.3 Å². The largest absolute Gasteiger partial charge is 0.382 e. The Kier molecular flexibility index (Phi) is 6.80. The zero-order chi connectivity index (χ0) is 15.9. The molecule has 21 heavy (non-hydrogen) atoms.